The van der Waals surface area contributed by atoms with E-state index in [2.05, 4.69) is 339 Å². The van der Waals surface area contributed by atoms with Crippen molar-refractivity contribution in [1.29, 1.82) is 0 Å². The van der Waals surface area contributed by atoms with Gasteiger partial charge in [0.25, 0.3) is 0 Å². The van der Waals surface area contributed by atoms with Gasteiger partial charge in [-0.3, -0.25) is 15.2 Å². The molecule has 5 atom stereocenters. The Bertz CT molecular complexity index is 1970. The number of hydrogen-bond donors (Lipinski definition) is 2. The summed E-state index contributed by atoms with van der Waals surface area (Å²) in [6.07, 6.45) is 25.1. The van der Waals surface area contributed by atoms with E-state index >= 15 is 0 Å². The van der Waals surface area contributed by atoms with Crippen molar-refractivity contribution in [3.8, 4) is 0 Å². The molecule has 8 heterocycles. The molecule has 0 aliphatic carbocycles. The van der Waals surface area contributed by atoms with E-state index in [4.69, 9.17) is 0 Å². The predicted molar refractivity (Wildman–Crippen MR) is 529 cm³/mol. The van der Waals surface area contributed by atoms with Crippen LogP contribution in [0, 0.1) is 94.7 Å². The van der Waals surface area contributed by atoms with Crippen LogP contribution in [-0.4, -0.2) is 228 Å². The topological polar surface area (TPSA) is 53.2 Å². The molecule has 0 radical (unpaired) electrons. The zero-order valence-corrected chi connectivity index (χ0v) is 88.3. The SMILES string of the molecule is CC.CC(C)C1CCCN(C(C)C)C1.CC(C)C1CCN(C(C)C)C1.CC(C)C1CCN(C(C)C)CC1.CC(C)C1CCN(C(C)C)CC1.CC(C)CC1CCCN1C(C)C.CC(C)CCN(C)C(C)C.CC(C)CCNC(C)C.CC(C)NN1CCC(C(C)C)CC1.CC(C)[C@@H]1CCCN(C(C)C)C1.C[C@H]1CCCN(C(C)(C)C)C1. The van der Waals surface area contributed by atoms with Crippen molar-refractivity contribution in [1.82, 2.24) is 55.0 Å². The molecule has 116 heavy (non-hydrogen) atoms. The first kappa shape index (κ1) is 120. The molecule has 0 aromatic carbocycles. The standard InChI is InChI=1S/C11H24N2.5C11H23N.2C10H21N.C9H21N.C8H19N.C2H6/c1-9(2)11-5-7-13(8-6-11)12-10(3)4;2*1-9(2)11-5-7-12(8-6-11)10(3)4;2*1-9(2)11-6-5-7-12(8-11)10(3)4;1-9(2)8-11-6-5-7-12(11)10(3)4;1-8(2)10-5-6-11(7-10)9(3)4;1-9-6-5-7-11(8-9)10(2,3)4;1-8(2)6-7-10(5)9(3)4;1-7(2)5-6-9-8(3)4;1-2/h9-12H,5-8H2,1-4H3;5*9-11H,5-8H2,1-4H3;8-10H,5-7H2,1-4H3;9H,5-8H2,1-4H3;8-9H,6-7H2,1-5H3;7-9H,5-6H2,1-4H3;1-2H3/t;;;11-;;;;9-;;;/m...1...0.../s1. The molecule has 2 N–H and O–H groups in total. The third kappa shape index (κ3) is 59.5. The lowest BCUT2D eigenvalue weighted by Gasteiger charge is -2.40. The van der Waals surface area contributed by atoms with Crippen LogP contribution in [0.25, 0.3) is 0 Å². The number of likely N-dealkylation sites (tertiary alicyclic amines) is 7. The number of piperidine rings is 6. The summed E-state index contributed by atoms with van der Waals surface area (Å²) in [6.45, 7) is 118. The van der Waals surface area contributed by atoms with Crippen molar-refractivity contribution in [3.05, 3.63) is 0 Å². The van der Waals surface area contributed by atoms with E-state index in [1.807, 2.05) is 13.8 Å². The fourth-order valence-electron chi connectivity index (χ4n) is 17.7. The molecule has 0 amide bonds. The van der Waals surface area contributed by atoms with Crippen LogP contribution in [0.15, 0.2) is 0 Å². The van der Waals surface area contributed by atoms with Crippen LogP contribution in [-0.2, 0) is 0 Å². The highest BCUT2D eigenvalue weighted by molar-refractivity contribution is 4.86. The summed E-state index contributed by atoms with van der Waals surface area (Å²) < 4.78 is 0. The summed E-state index contributed by atoms with van der Waals surface area (Å²) in [6, 6.07) is 7.27. The van der Waals surface area contributed by atoms with Crippen LogP contribution >= 0.6 is 0 Å². The van der Waals surface area contributed by atoms with Crippen molar-refractivity contribution in [2.45, 2.75) is 472 Å². The molecule has 0 bridgehead atoms. The van der Waals surface area contributed by atoms with Crippen LogP contribution in [0.5, 0.6) is 0 Å². The Kier molecular flexibility index (Phi) is 70.0. The van der Waals surface area contributed by atoms with Gasteiger partial charge in [-0.1, -0.05) is 159 Å². The van der Waals surface area contributed by atoms with E-state index in [1.165, 1.54) is 220 Å². The second-order valence-electron chi connectivity index (χ2n) is 44.8. The minimum atomic E-state index is 0.384. The van der Waals surface area contributed by atoms with Crippen molar-refractivity contribution in [2.75, 3.05) is 118 Å². The summed E-state index contributed by atoms with van der Waals surface area (Å²) in [5, 5.41) is 5.76. The molecular weight excluding hydrogens is 1420 g/mol. The van der Waals surface area contributed by atoms with Crippen LogP contribution in [0.3, 0.4) is 0 Å². The summed E-state index contributed by atoms with van der Waals surface area (Å²) >= 11 is 0. The van der Waals surface area contributed by atoms with Gasteiger partial charge in [0.1, 0.15) is 0 Å². The average molecular weight is 1640 g/mol. The third-order valence-corrected chi connectivity index (χ3v) is 27.3. The summed E-state index contributed by atoms with van der Waals surface area (Å²) in [5.41, 5.74) is 3.86. The van der Waals surface area contributed by atoms with Gasteiger partial charge in [0.05, 0.1) is 0 Å². The first-order chi connectivity index (χ1) is 53.9. The van der Waals surface area contributed by atoms with Crippen LogP contribution in [0.2, 0.25) is 0 Å². The van der Waals surface area contributed by atoms with Crippen molar-refractivity contribution < 1.29 is 0 Å². The highest BCUT2D eigenvalue weighted by Crippen LogP contribution is 2.31. The third-order valence-electron chi connectivity index (χ3n) is 27.3. The van der Waals surface area contributed by atoms with Gasteiger partial charge in [0.2, 0.25) is 0 Å². The molecule has 0 saturated carbocycles. The molecule has 0 spiro atoms. The second kappa shape index (κ2) is 67.8. The molecule has 0 aromatic rings. The Morgan fingerprint density at radius 1 is 0.328 bits per heavy atom. The van der Waals surface area contributed by atoms with Gasteiger partial charge >= 0.3 is 0 Å². The van der Waals surface area contributed by atoms with E-state index in [0.29, 0.717) is 23.7 Å². The Morgan fingerprint density at radius 2 is 0.655 bits per heavy atom. The second-order valence-corrected chi connectivity index (χ2v) is 44.8. The van der Waals surface area contributed by atoms with Gasteiger partial charge in [0.15, 0.2) is 0 Å². The Balaban J connectivity index is -0.00000122. The van der Waals surface area contributed by atoms with Crippen molar-refractivity contribution in [2.24, 2.45) is 94.7 Å². The van der Waals surface area contributed by atoms with Crippen molar-refractivity contribution >= 4 is 0 Å². The molecule has 702 valence electrons. The van der Waals surface area contributed by atoms with Gasteiger partial charge in [-0.15, -0.1) is 0 Å². The number of hydrazine groups is 1. The summed E-state index contributed by atoms with van der Waals surface area (Å²) in [5.74, 6) is 14.4. The molecule has 3 unspecified atom stereocenters. The zero-order chi connectivity index (χ0) is 89.9. The summed E-state index contributed by atoms with van der Waals surface area (Å²) in [4.78, 5) is 20.7. The minimum absolute atomic E-state index is 0.384. The zero-order valence-electron chi connectivity index (χ0n) is 88.3. The lowest BCUT2D eigenvalue weighted by atomic mass is 9.86. The summed E-state index contributed by atoms with van der Waals surface area (Å²) in [7, 11) is 2.19. The number of nitrogens with zero attached hydrogens (tertiary/aromatic N) is 9. The highest BCUT2D eigenvalue weighted by atomic mass is 15.5. The van der Waals surface area contributed by atoms with Gasteiger partial charge in [-0.05, 0) is 421 Å². The molecule has 0 aromatic heterocycles. The predicted octanol–water partition coefficient (Wildman–Crippen LogP) is 26.5. The molecule has 8 rings (SSSR count). The maximum atomic E-state index is 3.47. The normalized spacial score (nSPS) is 22.7. The van der Waals surface area contributed by atoms with E-state index in [1.54, 1.807) is 0 Å². The quantitative estimate of drug-likeness (QED) is 0.0972. The highest BCUT2D eigenvalue weighted by Gasteiger charge is 2.31. The van der Waals surface area contributed by atoms with Gasteiger partial charge in [-0.2, -0.15) is 0 Å². The largest absolute Gasteiger partial charge is 0.315 e. The molecule has 8 fully saturated rings. The van der Waals surface area contributed by atoms with Gasteiger partial charge in [-0.25, -0.2) is 5.01 Å². The van der Waals surface area contributed by atoms with Gasteiger partial charge < -0.3 is 34.7 Å². The molecule has 8 aliphatic rings. The molecule has 11 nitrogen and oxygen atoms in total. The monoisotopic (exact) mass is 1640 g/mol. The number of rotatable bonds is 24. The van der Waals surface area contributed by atoms with Gasteiger partial charge in [0, 0.05) is 105 Å². The van der Waals surface area contributed by atoms with Crippen LogP contribution < -0.4 is 10.7 Å². The first-order valence-corrected chi connectivity index (χ1v) is 51.1. The number of nitrogens with one attached hydrogen (secondary N) is 2. The fourth-order valence-corrected chi connectivity index (χ4v) is 17.7. The maximum absolute atomic E-state index is 3.47. The van der Waals surface area contributed by atoms with Crippen molar-refractivity contribution in [3.63, 3.8) is 0 Å². The van der Waals surface area contributed by atoms with E-state index < -0.39 is 0 Å². The number of hydrogen-bond acceptors (Lipinski definition) is 11. The van der Waals surface area contributed by atoms with E-state index in [-0.39, 0.29) is 0 Å². The Morgan fingerprint density at radius 3 is 0.931 bits per heavy atom. The average Bonchev–Trinajstić information content (AvgIpc) is 1.31. The minimum Gasteiger partial charge on any atom is -0.315 e. The molecule has 8 saturated heterocycles. The Hall–Kier alpha value is -0.440. The molecule has 8 aliphatic heterocycles. The lowest BCUT2D eigenvalue weighted by Crippen LogP contribution is -2.47. The molecule has 11 heteroatoms. The van der Waals surface area contributed by atoms with Crippen LogP contribution in [0.4, 0.5) is 0 Å². The molecular formula is C105H227N11. The van der Waals surface area contributed by atoms with E-state index in [9.17, 15) is 0 Å². The van der Waals surface area contributed by atoms with Crippen LogP contribution in [0.1, 0.15) is 406 Å². The Labute approximate surface area is 736 Å². The van der Waals surface area contributed by atoms with E-state index in [0.717, 1.165) is 144 Å². The first-order valence-electron chi connectivity index (χ1n) is 51.1. The smallest absolute Gasteiger partial charge is 0.0158 e. The fraction of sp³-hybridized carbons (Fsp3) is 1.00. The lowest BCUT2D eigenvalue weighted by molar-refractivity contribution is 0.0843. The maximum Gasteiger partial charge on any atom is 0.0158 e.